The highest BCUT2D eigenvalue weighted by Crippen LogP contribution is 2.21. The number of fused-ring (bicyclic) bond motifs is 1. The van der Waals surface area contributed by atoms with Crippen LogP contribution in [-0.4, -0.2) is 14.7 Å². The Hall–Kier alpha value is -2.36. The van der Waals surface area contributed by atoms with E-state index in [0.717, 1.165) is 11.2 Å². The van der Waals surface area contributed by atoms with Gasteiger partial charge in [-0.3, -0.25) is 4.57 Å². The topological polar surface area (TPSA) is 38.1 Å². The molecule has 3 rings (SSSR count). The number of rotatable bonds is 1. The second-order valence-electron chi connectivity index (χ2n) is 3.76. The summed E-state index contributed by atoms with van der Waals surface area (Å²) in [5.74, 6) is -0.0855. The Morgan fingerprint density at radius 2 is 1.82 bits per heavy atom. The molecule has 1 heterocycles. The average Bonchev–Trinajstić information content (AvgIpc) is 2.73. The Morgan fingerprint density at radius 3 is 2.59 bits per heavy atom. The van der Waals surface area contributed by atoms with Crippen molar-refractivity contribution in [1.82, 2.24) is 9.55 Å². The van der Waals surface area contributed by atoms with Crippen molar-refractivity contribution in [2.24, 2.45) is 0 Å². The summed E-state index contributed by atoms with van der Waals surface area (Å²) in [6.45, 7) is 0. The largest absolute Gasteiger partial charge is 0.508 e. The van der Waals surface area contributed by atoms with E-state index in [1.165, 1.54) is 12.1 Å². The summed E-state index contributed by atoms with van der Waals surface area (Å²) in [7, 11) is 0. The van der Waals surface area contributed by atoms with Crippen LogP contribution in [0.3, 0.4) is 0 Å². The van der Waals surface area contributed by atoms with Crippen molar-refractivity contribution in [3.05, 3.63) is 54.6 Å². The highest BCUT2D eigenvalue weighted by Gasteiger charge is 2.05. The molecule has 1 N–H and O–H groups in total. The van der Waals surface area contributed by atoms with E-state index in [9.17, 15) is 9.50 Å². The van der Waals surface area contributed by atoms with Gasteiger partial charge in [0.25, 0.3) is 0 Å². The second kappa shape index (κ2) is 3.59. The van der Waals surface area contributed by atoms with Gasteiger partial charge >= 0.3 is 0 Å². The summed E-state index contributed by atoms with van der Waals surface area (Å²) < 4.78 is 14.7. The van der Waals surface area contributed by atoms with E-state index in [1.54, 1.807) is 36.7 Å². The monoisotopic (exact) mass is 228 g/mol. The molecule has 0 unspecified atom stereocenters. The lowest BCUT2D eigenvalue weighted by Gasteiger charge is -2.03. The van der Waals surface area contributed by atoms with Gasteiger partial charge in [-0.15, -0.1) is 0 Å². The third-order valence-corrected chi connectivity index (χ3v) is 2.64. The standard InChI is InChI=1S/C13H9FN2O/c14-9-1-3-10(4-2-9)16-8-15-12-7-11(17)5-6-13(12)16/h1-8,17H. The summed E-state index contributed by atoms with van der Waals surface area (Å²) in [5, 5.41) is 9.35. The van der Waals surface area contributed by atoms with Crippen LogP contribution in [0.15, 0.2) is 48.8 Å². The Labute approximate surface area is 96.8 Å². The lowest BCUT2D eigenvalue weighted by atomic mass is 10.2. The van der Waals surface area contributed by atoms with Gasteiger partial charge in [-0.2, -0.15) is 0 Å². The number of benzene rings is 2. The van der Waals surface area contributed by atoms with Gasteiger partial charge < -0.3 is 5.11 Å². The first-order valence-electron chi connectivity index (χ1n) is 5.16. The van der Waals surface area contributed by atoms with Crippen LogP contribution in [0.25, 0.3) is 16.7 Å². The van der Waals surface area contributed by atoms with Gasteiger partial charge in [-0.1, -0.05) is 0 Å². The first kappa shape index (κ1) is 9.84. The van der Waals surface area contributed by atoms with Crippen LogP contribution >= 0.6 is 0 Å². The highest BCUT2D eigenvalue weighted by molar-refractivity contribution is 5.78. The molecule has 0 saturated heterocycles. The summed E-state index contributed by atoms with van der Waals surface area (Å²) in [5.41, 5.74) is 2.41. The molecule has 0 radical (unpaired) electrons. The average molecular weight is 228 g/mol. The molecule has 4 heteroatoms. The zero-order valence-corrected chi connectivity index (χ0v) is 8.84. The van der Waals surface area contributed by atoms with Crippen LogP contribution in [-0.2, 0) is 0 Å². The molecule has 17 heavy (non-hydrogen) atoms. The highest BCUT2D eigenvalue weighted by atomic mass is 19.1. The van der Waals surface area contributed by atoms with E-state index in [4.69, 9.17) is 0 Å². The van der Waals surface area contributed by atoms with Crippen LogP contribution < -0.4 is 0 Å². The summed E-state index contributed by atoms with van der Waals surface area (Å²) in [4.78, 5) is 4.19. The molecule has 3 nitrogen and oxygen atoms in total. The van der Waals surface area contributed by atoms with Gasteiger partial charge in [0.05, 0.1) is 11.0 Å². The molecule has 0 aliphatic rings. The SMILES string of the molecule is Oc1ccc2c(c1)ncn2-c1ccc(F)cc1. The number of nitrogens with zero attached hydrogens (tertiary/aromatic N) is 2. The fourth-order valence-corrected chi connectivity index (χ4v) is 1.81. The lowest BCUT2D eigenvalue weighted by Crippen LogP contribution is -1.91. The Bertz CT molecular complexity index is 673. The molecule has 1 aromatic heterocycles. The molecule has 84 valence electrons. The number of phenols is 1. The fourth-order valence-electron chi connectivity index (χ4n) is 1.81. The van der Waals surface area contributed by atoms with Crippen LogP contribution in [0, 0.1) is 5.82 Å². The van der Waals surface area contributed by atoms with Gasteiger partial charge in [-0.05, 0) is 36.4 Å². The smallest absolute Gasteiger partial charge is 0.123 e. The number of hydrogen-bond donors (Lipinski definition) is 1. The Balaban J connectivity index is 2.21. The zero-order chi connectivity index (χ0) is 11.8. The molecular formula is C13H9FN2O. The van der Waals surface area contributed by atoms with Crippen LogP contribution in [0.1, 0.15) is 0 Å². The molecule has 0 saturated carbocycles. The van der Waals surface area contributed by atoms with Gasteiger partial charge in [-0.25, -0.2) is 9.37 Å². The lowest BCUT2D eigenvalue weighted by molar-refractivity contribution is 0.476. The molecule has 2 aromatic carbocycles. The van der Waals surface area contributed by atoms with Crippen LogP contribution in [0.5, 0.6) is 5.75 Å². The van der Waals surface area contributed by atoms with Crippen molar-refractivity contribution < 1.29 is 9.50 Å². The fraction of sp³-hybridized carbons (Fsp3) is 0. The maximum Gasteiger partial charge on any atom is 0.123 e. The second-order valence-corrected chi connectivity index (χ2v) is 3.76. The van der Waals surface area contributed by atoms with E-state index in [0.29, 0.717) is 5.52 Å². The summed E-state index contributed by atoms with van der Waals surface area (Å²) >= 11 is 0. The molecule has 0 bridgehead atoms. The van der Waals surface area contributed by atoms with E-state index < -0.39 is 0 Å². The first-order chi connectivity index (χ1) is 8.24. The van der Waals surface area contributed by atoms with Crippen molar-refractivity contribution in [2.45, 2.75) is 0 Å². The molecule has 0 aliphatic heterocycles. The quantitative estimate of drug-likeness (QED) is 0.695. The Kier molecular flexibility index (Phi) is 2.08. The van der Waals surface area contributed by atoms with E-state index in [1.807, 2.05) is 4.57 Å². The van der Waals surface area contributed by atoms with Crippen LogP contribution in [0.4, 0.5) is 4.39 Å². The van der Waals surface area contributed by atoms with Crippen molar-refractivity contribution in [2.75, 3.05) is 0 Å². The van der Waals surface area contributed by atoms with Gasteiger partial charge in [0.1, 0.15) is 17.9 Å². The minimum absolute atomic E-state index is 0.182. The van der Waals surface area contributed by atoms with Crippen molar-refractivity contribution in [3.8, 4) is 11.4 Å². The number of halogens is 1. The molecule has 0 fully saturated rings. The van der Waals surface area contributed by atoms with Gasteiger partial charge in [0.15, 0.2) is 0 Å². The number of imidazole rings is 1. The van der Waals surface area contributed by atoms with Crippen molar-refractivity contribution >= 4 is 11.0 Å². The zero-order valence-electron chi connectivity index (χ0n) is 8.84. The summed E-state index contributed by atoms with van der Waals surface area (Å²) in [6, 6.07) is 11.1. The van der Waals surface area contributed by atoms with Gasteiger partial charge in [0.2, 0.25) is 0 Å². The van der Waals surface area contributed by atoms with Crippen LogP contribution in [0.2, 0.25) is 0 Å². The third kappa shape index (κ3) is 1.63. The predicted octanol–water partition coefficient (Wildman–Crippen LogP) is 2.87. The number of phenolic OH excluding ortho intramolecular Hbond substituents is 1. The molecular weight excluding hydrogens is 219 g/mol. The third-order valence-electron chi connectivity index (χ3n) is 2.64. The Morgan fingerprint density at radius 1 is 1.06 bits per heavy atom. The maximum atomic E-state index is 12.8. The normalized spacial score (nSPS) is 10.9. The number of aromatic hydroxyl groups is 1. The van der Waals surface area contributed by atoms with E-state index >= 15 is 0 Å². The minimum atomic E-state index is -0.268. The van der Waals surface area contributed by atoms with E-state index in [-0.39, 0.29) is 11.6 Å². The molecule has 0 spiro atoms. The molecule has 3 aromatic rings. The summed E-state index contributed by atoms with van der Waals surface area (Å²) in [6.07, 6.45) is 1.65. The first-order valence-corrected chi connectivity index (χ1v) is 5.16. The number of aromatic nitrogens is 2. The maximum absolute atomic E-state index is 12.8. The number of hydrogen-bond acceptors (Lipinski definition) is 2. The van der Waals surface area contributed by atoms with Gasteiger partial charge in [0, 0.05) is 11.8 Å². The molecule has 0 amide bonds. The molecule has 0 atom stereocenters. The predicted molar refractivity (Wildman–Crippen MR) is 62.7 cm³/mol. The van der Waals surface area contributed by atoms with Crippen molar-refractivity contribution in [1.29, 1.82) is 0 Å². The van der Waals surface area contributed by atoms with Crippen molar-refractivity contribution in [3.63, 3.8) is 0 Å². The molecule has 0 aliphatic carbocycles. The minimum Gasteiger partial charge on any atom is -0.508 e. The van der Waals surface area contributed by atoms with E-state index in [2.05, 4.69) is 4.98 Å².